The molecule has 4 heterocycles. The van der Waals surface area contributed by atoms with Crippen molar-refractivity contribution in [2.45, 2.75) is 50.8 Å². The predicted molar refractivity (Wildman–Crippen MR) is 134 cm³/mol. The largest absolute Gasteiger partial charge is 0.387 e. The second-order valence-electron chi connectivity index (χ2n) is 9.05. The SMILES string of the molecule is CCN(C(=O)CCC(=O)Nc1cccc2c1CNC2=O)C(=O)[C@H]1O[C@@H](n2cnc3c(N)ncnc32)[C@H](O)[C@@H]1O. The second-order valence-corrected chi connectivity index (χ2v) is 9.05. The van der Waals surface area contributed by atoms with Gasteiger partial charge in [-0.05, 0) is 19.1 Å². The lowest BCUT2D eigenvalue weighted by molar-refractivity contribution is -0.156. The van der Waals surface area contributed by atoms with E-state index in [4.69, 9.17) is 10.5 Å². The summed E-state index contributed by atoms with van der Waals surface area (Å²) in [6.07, 6.45) is -4.02. The number of aliphatic hydroxyl groups excluding tert-OH is 2. The fourth-order valence-corrected chi connectivity index (χ4v) is 4.70. The van der Waals surface area contributed by atoms with Gasteiger partial charge < -0.3 is 31.3 Å². The van der Waals surface area contributed by atoms with Gasteiger partial charge in [0.05, 0.1) is 6.33 Å². The highest BCUT2D eigenvalue weighted by Gasteiger charge is 2.49. The van der Waals surface area contributed by atoms with Crippen molar-refractivity contribution in [3.63, 3.8) is 0 Å². The van der Waals surface area contributed by atoms with Gasteiger partial charge in [-0.3, -0.25) is 28.6 Å². The van der Waals surface area contributed by atoms with Crippen LogP contribution in [0.4, 0.5) is 11.5 Å². The molecule has 1 aromatic carbocycles. The number of fused-ring (bicyclic) bond motifs is 2. The number of nitrogens with two attached hydrogens (primary N) is 1. The van der Waals surface area contributed by atoms with Crippen molar-refractivity contribution < 1.29 is 34.1 Å². The first-order valence-corrected chi connectivity index (χ1v) is 12.2. The van der Waals surface area contributed by atoms with Crippen molar-refractivity contribution in [3.05, 3.63) is 42.0 Å². The first kappa shape index (κ1) is 26.1. The van der Waals surface area contributed by atoms with E-state index in [1.165, 1.54) is 17.2 Å². The Morgan fingerprint density at radius 2 is 2.00 bits per heavy atom. The summed E-state index contributed by atoms with van der Waals surface area (Å²) in [5.41, 5.74) is 7.88. The fourth-order valence-electron chi connectivity index (χ4n) is 4.70. The van der Waals surface area contributed by atoms with Crippen LogP contribution >= 0.6 is 0 Å². The number of nitrogens with zero attached hydrogens (tertiary/aromatic N) is 5. The Morgan fingerprint density at radius 1 is 1.21 bits per heavy atom. The molecule has 3 aromatic rings. The average Bonchev–Trinajstić information content (AvgIpc) is 3.60. The number of nitrogen functional groups attached to an aromatic ring is 1. The Labute approximate surface area is 221 Å². The number of imide groups is 1. The van der Waals surface area contributed by atoms with Crippen LogP contribution in [-0.4, -0.2) is 83.1 Å². The Balaban J connectivity index is 1.23. The molecular weight excluding hydrogens is 512 g/mol. The first-order valence-electron chi connectivity index (χ1n) is 12.2. The summed E-state index contributed by atoms with van der Waals surface area (Å²) in [7, 11) is 0. The smallest absolute Gasteiger partial charge is 0.261 e. The minimum atomic E-state index is -1.65. The topological polar surface area (TPSA) is 215 Å². The minimum absolute atomic E-state index is 0.0512. The zero-order chi connectivity index (χ0) is 27.8. The van der Waals surface area contributed by atoms with Gasteiger partial charge in [-0.15, -0.1) is 0 Å². The van der Waals surface area contributed by atoms with E-state index >= 15 is 0 Å². The van der Waals surface area contributed by atoms with E-state index in [0.29, 0.717) is 16.8 Å². The summed E-state index contributed by atoms with van der Waals surface area (Å²) in [5, 5.41) is 26.6. The van der Waals surface area contributed by atoms with Gasteiger partial charge in [-0.25, -0.2) is 15.0 Å². The number of ether oxygens (including phenoxy) is 1. The molecule has 2 aromatic heterocycles. The van der Waals surface area contributed by atoms with E-state index in [-0.39, 0.29) is 48.8 Å². The van der Waals surface area contributed by atoms with E-state index in [9.17, 15) is 29.4 Å². The lowest BCUT2D eigenvalue weighted by Crippen LogP contribution is -2.47. The molecular formula is C24H26N8O7. The predicted octanol–water partition coefficient (Wildman–Crippen LogP) is -0.935. The van der Waals surface area contributed by atoms with Gasteiger partial charge in [0, 0.05) is 42.7 Å². The summed E-state index contributed by atoms with van der Waals surface area (Å²) in [6, 6.07) is 4.96. The number of anilines is 2. The molecule has 39 heavy (non-hydrogen) atoms. The third-order valence-corrected chi connectivity index (χ3v) is 6.71. The van der Waals surface area contributed by atoms with Crippen LogP contribution in [0.25, 0.3) is 11.2 Å². The molecule has 0 saturated carbocycles. The number of carbonyl (C=O) groups is 4. The van der Waals surface area contributed by atoms with Crippen LogP contribution in [0.15, 0.2) is 30.9 Å². The van der Waals surface area contributed by atoms with Crippen molar-refractivity contribution in [3.8, 4) is 0 Å². The van der Waals surface area contributed by atoms with E-state index < -0.39 is 42.3 Å². The van der Waals surface area contributed by atoms with Crippen molar-refractivity contribution >= 4 is 46.3 Å². The number of aromatic nitrogens is 4. The minimum Gasteiger partial charge on any atom is -0.387 e. The first-order chi connectivity index (χ1) is 18.7. The molecule has 15 heteroatoms. The van der Waals surface area contributed by atoms with Crippen LogP contribution in [-0.2, 0) is 25.7 Å². The van der Waals surface area contributed by atoms with Gasteiger partial charge >= 0.3 is 0 Å². The van der Waals surface area contributed by atoms with Crippen LogP contribution < -0.4 is 16.4 Å². The number of hydrogen-bond donors (Lipinski definition) is 5. The molecule has 2 aliphatic rings. The molecule has 6 N–H and O–H groups in total. The molecule has 0 unspecified atom stereocenters. The van der Waals surface area contributed by atoms with Crippen LogP contribution in [0.2, 0.25) is 0 Å². The number of benzene rings is 1. The Hall–Kier alpha value is -4.47. The summed E-state index contributed by atoms with van der Waals surface area (Å²) >= 11 is 0. The third-order valence-electron chi connectivity index (χ3n) is 6.71. The summed E-state index contributed by atoms with van der Waals surface area (Å²) in [4.78, 5) is 63.4. The lowest BCUT2D eigenvalue weighted by Gasteiger charge is -2.23. The molecule has 15 nitrogen and oxygen atoms in total. The molecule has 4 amide bonds. The summed E-state index contributed by atoms with van der Waals surface area (Å²) in [5.74, 6) is -2.11. The molecule has 0 radical (unpaired) electrons. The number of likely N-dealkylation sites (N-methyl/N-ethyl adjacent to an activating group) is 1. The third kappa shape index (κ3) is 4.67. The van der Waals surface area contributed by atoms with Gasteiger partial charge in [-0.1, -0.05) is 6.07 Å². The number of amides is 4. The average molecular weight is 539 g/mol. The molecule has 2 aliphatic heterocycles. The zero-order valence-corrected chi connectivity index (χ0v) is 20.8. The molecule has 0 bridgehead atoms. The number of nitrogens with one attached hydrogen (secondary N) is 2. The normalized spacial score (nSPS) is 22.0. The van der Waals surface area contributed by atoms with Gasteiger partial charge in [0.15, 0.2) is 23.8 Å². The maximum absolute atomic E-state index is 13.2. The fraction of sp³-hybridized carbons (Fsp3) is 0.375. The highest BCUT2D eigenvalue weighted by Crippen LogP contribution is 2.33. The molecule has 0 spiro atoms. The van der Waals surface area contributed by atoms with Gasteiger partial charge in [0.2, 0.25) is 11.8 Å². The Bertz CT molecular complexity index is 1470. The quantitative estimate of drug-likeness (QED) is 0.247. The van der Waals surface area contributed by atoms with E-state index in [1.807, 2.05) is 0 Å². The molecule has 1 saturated heterocycles. The van der Waals surface area contributed by atoms with Crippen LogP contribution in [0.3, 0.4) is 0 Å². The van der Waals surface area contributed by atoms with Crippen molar-refractivity contribution in [1.82, 2.24) is 29.7 Å². The standard InChI is InChI=1S/C24H26N8O7/c1-2-31(15(34)7-6-14(33)30-13-5-3-4-11-12(13)8-26-22(11)37)23(38)19-17(35)18(36)24(39-19)32-10-29-16-20(25)27-9-28-21(16)32/h3-5,9-10,17-19,24,35-36H,2,6-8H2,1H3,(H,26,37)(H,30,33)(H2,25,27,28)/t17-,18+,19-,24+/m0/s1. The van der Waals surface area contributed by atoms with Crippen molar-refractivity contribution in [1.29, 1.82) is 0 Å². The van der Waals surface area contributed by atoms with Crippen molar-refractivity contribution in [2.24, 2.45) is 0 Å². The monoisotopic (exact) mass is 538 g/mol. The summed E-state index contributed by atoms with van der Waals surface area (Å²) < 4.78 is 7.01. The molecule has 1 fully saturated rings. The van der Waals surface area contributed by atoms with Gasteiger partial charge in [0.25, 0.3) is 11.8 Å². The van der Waals surface area contributed by atoms with Crippen LogP contribution in [0.5, 0.6) is 0 Å². The number of rotatable bonds is 7. The Morgan fingerprint density at radius 3 is 2.77 bits per heavy atom. The van der Waals surface area contributed by atoms with Crippen molar-refractivity contribution in [2.75, 3.05) is 17.6 Å². The Kier molecular flexibility index (Phi) is 6.94. The number of aliphatic hydroxyl groups is 2. The molecule has 4 atom stereocenters. The van der Waals surface area contributed by atoms with Gasteiger partial charge in [-0.2, -0.15) is 0 Å². The second kappa shape index (κ2) is 10.4. The maximum atomic E-state index is 13.2. The van der Waals surface area contributed by atoms with E-state index in [1.54, 1.807) is 25.1 Å². The van der Waals surface area contributed by atoms with E-state index in [2.05, 4.69) is 25.6 Å². The highest BCUT2D eigenvalue weighted by molar-refractivity contribution is 6.03. The lowest BCUT2D eigenvalue weighted by atomic mass is 10.1. The van der Waals surface area contributed by atoms with Crippen LogP contribution in [0, 0.1) is 0 Å². The van der Waals surface area contributed by atoms with Crippen LogP contribution in [0.1, 0.15) is 41.9 Å². The molecule has 204 valence electrons. The van der Waals surface area contributed by atoms with Gasteiger partial charge in [0.1, 0.15) is 24.1 Å². The maximum Gasteiger partial charge on any atom is 0.261 e. The zero-order valence-electron chi connectivity index (χ0n) is 20.8. The molecule has 0 aliphatic carbocycles. The number of imidazole rings is 1. The highest BCUT2D eigenvalue weighted by atomic mass is 16.6. The molecule has 5 rings (SSSR count). The van der Waals surface area contributed by atoms with E-state index in [0.717, 1.165) is 4.90 Å². The number of carbonyl (C=O) groups excluding carboxylic acids is 4. The number of hydrogen-bond acceptors (Lipinski definition) is 11. The summed E-state index contributed by atoms with van der Waals surface area (Å²) in [6.45, 7) is 1.79.